The van der Waals surface area contributed by atoms with E-state index in [0.29, 0.717) is 6.04 Å². The Morgan fingerprint density at radius 1 is 1.29 bits per heavy atom. The molecular weight excluding hydrogens is 318 g/mol. The van der Waals surface area contributed by atoms with Crippen LogP contribution in [0, 0.1) is 6.92 Å². The van der Waals surface area contributed by atoms with Crippen LogP contribution in [0.1, 0.15) is 37.1 Å². The molecule has 0 aliphatic carbocycles. The molecule has 3 aromatic rings. The van der Waals surface area contributed by atoms with Crippen LogP contribution in [-0.2, 0) is 13.5 Å². The lowest BCUT2D eigenvalue weighted by Crippen LogP contribution is -2.39. The summed E-state index contributed by atoms with van der Waals surface area (Å²) < 4.78 is 3.12. The molecule has 0 N–H and O–H groups in total. The Morgan fingerprint density at radius 3 is 3.00 bits per heavy atom. The molecule has 5 nitrogen and oxygen atoms in total. The Hall–Kier alpha value is -1.95. The van der Waals surface area contributed by atoms with E-state index in [-0.39, 0.29) is 0 Å². The molecular formula is C18H23N5S. The van der Waals surface area contributed by atoms with Crippen LogP contribution in [0.15, 0.2) is 24.4 Å². The Balaban J connectivity index is 1.55. The number of aromatic nitrogens is 4. The zero-order valence-electron chi connectivity index (χ0n) is 14.3. The third kappa shape index (κ3) is 2.90. The standard InChI is InChI=1S/C18H23N5S/c1-13-16-17(22(2)21-13)20-18(24-16)23-12-6-4-8-15(23)10-9-14-7-3-5-11-19-14/h3,5,7,11,15H,4,6,8-10,12H2,1-2H3. The summed E-state index contributed by atoms with van der Waals surface area (Å²) in [6.45, 7) is 3.18. The smallest absolute Gasteiger partial charge is 0.188 e. The van der Waals surface area contributed by atoms with Gasteiger partial charge in [0.2, 0.25) is 0 Å². The number of aryl methyl sites for hydroxylation is 3. The van der Waals surface area contributed by atoms with Gasteiger partial charge in [-0.2, -0.15) is 5.10 Å². The van der Waals surface area contributed by atoms with Gasteiger partial charge in [0.1, 0.15) is 0 Å². The first kappa shape index (κ1) is 15.6. The molecule has 0 radical (unpaired) electrons. The van der Waals surface area contributed by atoms with Crippen LogP contribution in [0.5, 0.6) is 0 Å². The van der Waals surface area contributed by atoms with E-state index in [4.69, 9.17) is 4.98 Å². The summed E-state index contributed by atoms with van der Waals surface area (Å²) in [6, 6.07) is 6.74. The predicted molar refractivity (Wildman–Crippen MR) is 98.7 cm³/mol. The minimum atomic E-state index is 0.564. The van der Waals surface area contributed by atoms with Crippen LogP contribution in [0.4, 0.5) is 5.13 Å². The lowest BCUT2D eigenvalue weighted by molar-refractivity contribution is 0.436. The summed E-state index contributed by atoms with van der Waals surface area (Å²) >= 11 is 1.79. The average Bonchev–Trinajstić information content (AvgIpc) is 3.16. The van der Waals surface area contributed by atoms with Gasteiger partial charge in [0.15, 0.2) is 10.8 Å². The van der Waals surface area contributed by atoms with Crippen molar-refractivity contribution in [3.63, 3.8) is 0 Å². The van der Waals surface area contributed by atoms with Crippen LogP contribution in [0.3, 0.4) is 0 Å². The Kier molecular flexibility index (Phi) is 4.22. The summed E-state index contributed by atoms with van der Waals surface area (Å²) in [4.78, 5) is 11.9. The molecule has 0 amide bonds. The van der Waals surface area contributed by atoms with Crippen molar-refractivity contribution in [3.05, 3.63) is 35.8 Å². The summed E-state index contributed by atoms with van der Waals surface area (Å²) in [5, 5.41) is 5.63. The van der Waals surface area contributed by atoms with Crippen LogP contribution in [0.2, 0.25) is 0 Å². The molecule has 0 aromatic carbocycles. The molecule has 4 rings (SSSR count). The maximum atomic E-state index is 4.89. The van der Waals surface area contributed by atoms with Crippen molar-refractivity contribution < 1.29 is 0 Å². The monoisotopic (exact) mass is 341 g/mol. The second kappa shape index (κ2) is 6.51. The minimum Gasteiger partial charge on any atom is -0.345 e. The van der Waals surface area contributed by atoms with E-state index in [1.165, 1.54) is 29.7 Å². The molecule has 1 fully saturated rings. The Morgan fingerprint density at radius 2 is 2.21 bits per heavy atom. The maximum absolute atomic E-state index is 4.89. The quantitative estimate of drug-likeness (QED) is 0.725. The van der Waals surface area contributed by atoms with Crippen LogP contribution in [0.25, 0.3) is 10.3 Å². The number of hydrogen-bond donors (Lipinski definition) is 0. The van der Waals surface area contributed by atoms with Gasteiger partial charge in [-0.05, 0) is 51.2 Å². The van der Waals surface area contributed by atoms with Crippen molar-refractivity contribution in [1.82, 2.24) is 19.7 Å². The van der Waals surface area contributed by atoms with Gasteiger partial charge in [-0.3, -0.25) is 4.98 Å². The van der Waals surface area contributed by atoms with Crippen molar-refractivity contribution in [3.8, 4) is 0 Å². The Bertz CT molecular complexity index is 788. The van der Waals surface area contributed by atoms with E-state index < -0.39 is 0 Å². The van der Waals surface area contributed by atoms with Gasteiger partial charge in [0, 0.05) is 31.5 Å². The number of hydrogen-bond acceptors (Lipinski definition) is 5. The van der Waals surface area contributed by atoms with Gasteiger partial charge in [-0.15, -0.1) is 0 Å². The van der Waals surface area contributed by atoms with Crippen molar-refractivity contribution in [1.29, 1.82) is 0 Å². The molecule has 24 heavy (non-hydrogen) atoms. The molecule has 6 heteroatoms. The van der Waals surface area contributed by atoms with Crippen molar-refractivity contribution >= 4 is 26.8 Å². The van der Waals surface area contributed by atoms with Crippen molar-refractivity contribution in [2.24, 2.45) is 7.05 Å². The SMILES string of the molecule is Cc1nn(C)c2nc(N3CCCCC3CCc3ccccn3)sc12. The molecule has 1 atom stereocenters. The van der Waals surface area contributed by atoms with E-state index in [1.807, 2.05) is 24.0 Å². The minimum absolute atomic E-state index is 0.564. The van der Waals surface area contributed by atoms with Gasteiger partial charge in [0.05, 0.1) is 10.4 Å². The number of pyridine rings is 1. The number of fused-ring (bicyclic) bond motifs is 1. The molecule has 3 aromatic heterocycles. The molecule has 1 aliphatic heterocycles. The molecule has 1 unspecified atom stereocenters. The van der Waals surface area contributed by atoms with Gasteiger partial charge in [-0.1, -0.05) is 17.4 Å². The summed E-state index contributed by atoms with van der Waals surface area (Å²) in [6.07, 6.45) is 7.89. The molecule has 126 valence electrons. The van der Waals surface area contributed by atoms with Crippen LogP contribution < -0.4 is 4.90 Å². The van der Waals surface area contributed by atoms with Gasteiger partial charge >= 0.3 is 0 Å². The highest BCUT2D eigenvalue weighted by Crippen LogP contribution is 2.35. The first-order valence-electron chi connectivity index (χ1n) is 8.69. The summed E-state index contributed by atoms with van der Waals surface area (Å²) in [5.74, 6) is 0. The number of piperidine rings is 1. The predicted octanol–water partition coefficient (Wildman–Crippen LogP) is 3.72. The zero-order valence-corrected chi connectivity index (χ0v) is 15.1. The zero-order chi connectivity index (χ0) is 16.5. The van der Waals surface area contributed by atoms with Crippen LogP contribution >= 0.6 is 11.3 Å². The van der Waals surface area contributed by atoms with E-state index in [9.17, 15) is 0 Å². The molecule has 1 saturated heterocycles. The topological polar surface area (TPSA) is 46.8 Å². The normalized spacial score (nSPS) is 18.4. The first-order chi connectivity index (χ1) is 11.7. The van der Waals surface area contributed by atoms with E-state index >= 15 is 0 Å². The van der Waals surface area contributed by atoms with E-state index in [2.05, 4.69) is 34.0 Å². The van der Waals surface area contributed by atoms with Gasteiger partial charge in [-0.25, -0.2) is 9.67 Å². The number of nitrogens with zero attached hydrogens (tertiary/aromatic N) is 5. The molecule has 0 saturated carbocycles. The van der Waals surface area contributed by atoms with Gasteiger partial charge < -0.3 is 4.90 Å². The highest BCUT2D eigenvalue weighted by Gasteiger charge is 2.26. The fraction of sp³-hybridized carbons (Fsp3) is 0.500. The lowest BCUT2D eigenvalue weighted by atomic mass is 9.97. The first-order valence-corrected chi connectivity index (χ1v) is 9.50. The fourth-order valence-corrected chi connectivity index (χ4v) is 4.74. The van der Waals surface area contributed by atoms with E-state index in [1.54, 1.807) is 11.3 Å². The molecule has 1 aliphatic rings. The van der Waals surface area contributed by atoms with Crippen LogP contribution in [-0.4, -0.2) is 32.3 Å². The van der Waals surface area contributed by atoms with Crippen molar-refractivity contribution in [2.75, 3.05) is 11.4 Å². The number of anilines is 1. The number of thiazole rings is 1. The molecule has 0 bridgehead atoms. The summed E-state index contributed by atoms with van der Waals surface area (Å²) in [5.41, 5.74) is 3.28. The second-order valence-electron chi connectivity index (χ2n) is 6.56. The fourth-order valence-electron chi connectivity index (χ4n) is 3.61. The van der Waals surface area contributed by atoms with Crippen molar-refractivity contribution in [2.45, 2.75) is 45.1 Å². The lowest BCUT2D eigenvalue weighted by Gasteiger charge is -2.35. The Labute approximate surface area is 146 Å². The summed E-state index contributed by atoms with van der Waals surface area (Å²) in [7, 11) is 1.98. The molecule has 0 spiro atoms. The maximum Gasteiger partial charge on any atom is 0.188 e. The highest BCUT2D eigenvalue weighted by molar-refractivity contribution is 7.22. The number of rotatable bonds is 4. The second-order valence-corrected chi connectivity index (χ2v) is 7.54. The third-order valence-electron chi connectivity index (χ3n) is 4.87. The molecule has 4 heterocycles. The van der Waals surface area contributed by atoms with E-state index in [0.717, 1.165) is 35.9 Å². The average molecular weight is 341 g/mol. The third-order valence-corrected chi connectivity index (χ3v) is 6.06. The highest BCUT2D eigenvalue weighted by atomic mass is 32.1. The van der Waals surface area contributed by atoms with Gasteiger partial charge in [0.25, 0.3) is 0 Å². The largest absolute Gasteiger partial charge is 0.345 e.